The lowest BCUT2D eigenvalue weighted by Crippen LogP contribution is -2.15. The molecular formula is C14H12ClF2N5O2. The van der Waals surface area contributed by atoms with E-state index in [0.717, 1.165) is 10.6 Å². The molecule has 10 heteroatoms. The molecule has 3 heterocycles. The maximum atomic E-state index is 13.5. The van der Waals surface area contributed by atoms with Gasteiger partial charge in [0.1, 0.15) is 17.1 Å². The molecule has 126 valence electrons. The van der Waals surface area contributed by atoms with Gasteiger partial charge in [-0.1, -0.05) is 5.16 Å². The van der Waals surface area contributed by atoms with E-state index in [4.69, 9.17) is 16.1 Å². The van der Waals surface area contributed by atoms with Gasteiger partial charge in [-0.05, 0) is 38.4 Å². The van der Waals surface area contributed by atoms with Crippen LogP contribution < -0.4 is 5.32 Å². The summed E-state index contributed by atoms with van der Waals surface area (Å²) in [7, 11) is 0. The van der Waals surface area contributed by atoms with Crippen molar-refractivity contribution < 1.29 is 18.1 Å². The lowest BCUT2D eigenvalue weighted by atomic mass is 10.3. The molecule has 7 nitrogen and oxygen atoms in total. The zero-order valence-corrected chi connectivity index (χ0v) is 13.6. The summed E-state index contributed by atoms with van der Waals surface area (Å²) in [5.74, 6) is -0.178. The van der Waals surface area contributed by atoms with Crippen molar-refractivity contribution in [2.24, 2.45) is 0 Å². The molecule has 0 aliphatic carbocycles. The van der Waals surface area contributed by atoms with Crippen molar-refractivity contribution in [1.82, 2.24) is 19.8 Å². The summed E-state index contributed by atoms with van der Waals surface area (Å²) in [6.07, 6.45) is 0. The fraction of sp³-hybridized carbons (Fsp3) is 0.286. The molecule has 3 aromatic rings. The van der Waals surface area contributed by atoms with Gasteiger partial charge < -0.3 is 9.84 Å². The van der Waals surface area contributed by atoms with Gasteiger partial charge in [0.2, 0.25) is 0 Å². The number of carbonyl (C=O) groups is 1. The molecule has 1 amide bonds. The van der Waals surface area contributed by atoms with Crippen LogP contribution in [0, 0.1) is 20.8 Å². The van der Waals surface area contributed by atoms with Crippen molar-refractivity contribution in [1.29, 1.82) is 0 Å². The van der Waals surface area contributed by atoms with E-state index in [1.807, 2.05) is 0 Å². The molecule has 3 aromatic heterocycles. The number of aromatic nitrogens is 4. The van der Waals surface area contributed by atoms with E-state index >= 15 is 0 Å². The molecular weight excluding hydrogens is 344 g/mol. The Morgan fingerprint density at radius 3 is 2.62 bits per heavy atom. The van der Waals surface area contributed by atoms with Gasteiger partial charge in [-0.3, -0.25) is 4.79 Å². The van der Waals surface area contributed by atoms with Crippen LogP contribution in [-0.4, -0.2) is 25.7 Å². The molecule has 0 aromatic carbocycles. The number of amides is 1. The number of aryl methyl sites for hydroxylation is 3. The highest BCUT2D eigenvalue weighted by Gasteiger charge is 2.32. The third-order valence-corrected chi connectivity index (χ3v) is 3.54. The first-order valence-electron chi connectivity index (χ1n) is 6.85. The minimum absolute atomic E-state index is 0.0877. The van der Waals surface area contributed by atoms with Crippen molar-refractivity contribution in [3.8, 4) is 0 Å². The van der Waals surface area contributed by atoms with E-state index in [9.17, 15) is 13.6 Å². The highest BCUT2D eigenvalue weighted by molar-refractivity contribution is 6.21. The summed E-state index contributed by atoms with van der Waals surface area (Å²) in [4.78, 5) is 16.4. The molecule has 0 spiro atoms. The normalized spacial score (nSPS) is 11.9. The Bertz CT molecular complexity index is 925. The molecule has 0 bridgehead atoms. The average Bonchev–Trinajstić information content (AvgIpc) is 3.03. The first kappa shape index (κ1) is 16.3. The number of anilines is 1. The Hall–Kier alpha value is -2.55. The fourth-order valence-corrected chi connectivity index (χ4v) is 2.39. The topological polar surface area (TPSA) is 85.3 Å². The number of rotatable bonds is 3. The summed E-state index contributed by atoms with van der Waals surface area (Å²) in [5, 5.41) is 6.55. The second kappa shape index (κ2) is 5.52. The van der Waals surface area contributed by atoms with Crippen molar-refractivity contribution >= 4 is 28.8 Å². The van der Waals surface area contributed by atoms with Crippen LogP contribution in [0.3, 0.4) is 0 Å². The summed E-state index contributed by atoms with van der Waals surface area (Å²) in [6, 6.07) is 2.41. The first-order chi connectivity index (χ1) is 11.2. The summed E-state index contributed by atoms with van der Waals surface area (Å²) in [5.41, 5.74) is 0.665. The van der Waals surface area contributed by atoms with Crippen LogP contribution in [0.4, 0.5) is 14.5 Å². The van der Waals surface area contributed by atoms with E-state index in [2.05, 4.69) is 20.6 Å². The van der Waals surface area contributed by atoms with Crippen LogP contribution in [0.2, 0.25) is 0 Å². The van der Waals surface area contributed by atoms with E-state index < -0.39 is 17.0 Å². The Kier molecular flexibility index (Phi) is 3.75. The van der Waals surface area contributed by atoms with Gasteiger partial charge in [0.15, 0.2) is 17.1 Å². The number of halogens is 3. The van der Waals surface area contributed by atoms with Gasteiger partial charge in [0, 0.05) is 11.8 Å². The minimum atomic E-state index is -3.65. The highest BCUT2D eigenvalue weighted by atomic mass is 35.5. The third kappa shape index (κ3) is 2.82. The highest BCUT2D eigenvalue weighted by Crippen LogP contribution is 2.32. The van der Waals surface area contributed by atoms with Crippen LogP contribution in [-0.2, 0) is 5.38 Å². The molecule has 3 rings (SSSR count). The summed E-state index contributed by atoms with van der Waals surface area (Å²) in [6.45, 7) is 4.84. The maximum Gasteiger partial charge on any atom is 0.364 e. The molecule has 0 unspecified atom stereocenters. The number of alkyl halides is 3. The Morgan fingerprint density at radius 1 is 1.33 bits per heavy atom. The largest absolute Gasteiger partial charge is 0.364 e. The second-order valence-electron chi connectivity index (χ2n) is 5.23. The molecule has 0 atom stereocenters. The Morgan fingerprint density at radius 2 is 2.04 bits per heavy atom. The SMILES string of the molecule is Cc1cc(C(F)(F)Cl)n2nc(C(=O)Nc3c(C)noc3C)cc2n1. The molecule has 24 heavy (non-hydrogen) atoms. The van der Waals surface area contributed by atoms with E-state index in [0.29, 0.717) is 22.8 Å². The third-order valence-electron chi connectivity index (χ3n) is 3.35. The number of hydrogen-bond acceptors (Lipinski definition) is 5. The van der Waals surface area contributed by atoms with Crippen molar-refractivity contribution in [2.45, 2.75) is 26.2 Å². The summed E-state index contributed by atoms with van der Waals surface area (Å²) < 4.78 is 32.9. The molecule has 0 saturated heterocycles. The number of fused-ring (bicyclic) bond motifs is 1. The number of carbonyl (C=O) groups excluding carboxylic acids is 1. The second-order valence-corrected chi connectivity index (χ2v) is 5.71. The van der Waals surface area contributed by atoms with E-state index in [1.165, 1.54) is 6.07 Å². The van der Waals surface area contributed by atoms with Gasteiger partial charge in [-0.15, -0.1) is 0 Å². The van der Waals surface area contributed by atoms with Crippen LogP contribution in [0.5, 0.6) is 0 Å². The van der Waals surface area contributed by atoms with Gasteiger partial charge in [-0.2, -0.15) is 13.9 Å². The van der Waals surface area contributed by atoms with Crippen molar-refractivity contribution in [3.05, 3.63) is 40.7 Å². The van der Waals surface area contributed by atoms with Crippen molar-refractivity contribution in [3.63, 3.8) is 0 Å². The average molecular weight is 356 g/mol. The number of nitrogens with zero attached hydrogens (tertiary/aromatic N) is 4. The van der Waals surface area contributed by atoms with Crippen LogP contribution >= 0.6 is 11.6 Å². The Labute approximate surface area is 139 Å². The molecule has 1 N–H and O–H groups in total. The zero-order valence-electron chi connectivity index (χ0n) is 12.9. The summed E-state index contributed by atoms with van der Waals surface area (Å²) >= 11 is 5.11. The van der Waals surface area contributed by atoms with Crippen molar-refractivity contribution in [2.75, 3.05) is 5.32 Å². The quantitative estimate of drug-likeness (QED) is 0.729. The molecule has 0 aliphatic heterocycles. The standard InChI is InChI=1S/C14H12ClF2N5O2/c1-6-4-10(14(15,16)17)22-11(18-6)5-9(20-22)13(23)19-12-7(2)21-24-8(12)3/h4-5H,1-3H3,(H,19,23). The molecule has 0 fully saturated rings. The molecule has 0 aliphatic rings. The van der Waals surface area contributed by atoms with E-state index in [1.54, 1.807) is 20.8 Å². The van der Waals surface area contributed by atoms with Gasteiger partial charge in [0.05, 0.1) is 0 Å². The van der Waals surface area contributed by atoms with Gasteiger partial charge >= 0.3 is 5.38 Å². The van der Waals surface area contributed by atoms with Gasteiger partial charge in [0.25, 0.3) is 5.91 Å². The smallest absolute Gasteiger partial charge is 0.359 e. The maximum absolute atomic E-state index is 13.5. The van der Waals surface area contributed by atoms with E-state index in [-0.39, 0.29) is 11.3 Å². The predicted molar refractivity (Wildman–Crippen MR) is 81.4 cm³/mol. The zero-order chi connectivity index (χ0) is 17.6. The number of hydrogen-bond donors (Lipinski definition) is 1. The minimum Gasteiger partial charge on any atom is -0.359 e. The fourth-order valence-electron chi connectivity index (χ4n) is 2.25. The van der Waals surface area contributed by atoms with Crippen LogP contribution in [0.25, 0.3) is 5.65 Å². The van der Waals surface area contributed by atoms with Crippen LogP contribution in [0.15, 0.2) is 16.7 Å². The first-order valence-corrected chi connectivity index (χ1v) is 7.23. The monoisotopic (exact) mass is 355 g/mol. The lowest BCUT2D eigenvalue weighted by Gasteiger charge is -2.10. The number of nitrogens with one attached hydrogen (secondary N) is 1. The van der Waals surface area contributed by atoms with Crippen LogP contribution in [0.1, 0.15) is 33.3 Å². The molecule has 0 saturated carbocycles. The predicted octanol–water partition coefficient (Wildman–Crippen LogP) is 3.18. The molecule has 0 radical (unpaired) electrons. The Balaban J connectivity index is 2.03. The lowest BCUT2D eigenvalue weighted by molar-refractivity contribution is 0.0868. The van der Waals surface area contributed by atoms with Gasteiger partial charge in [-0.25, -0.2) is 9.50 Å².